The molecule has 1 atom stereocenters. The van der Waals surface area contributed by atoms with Gasteiger partial charge in [-0.2, -0.15) is 5.06 Å². The summed E-state index contributed by atoms with van der Waals surface area (Å²) in [6, 6.07) is 15.8. The van der Waals surface area contributed by atoms with Crippen molar-refractivity contribution in [1.82, 2.24) is 9.96 Å². The molecule has 2 N–H and O–H groups in total. The molecule has 0 unspecified atom stereocenters. The lowest BCUT2D eigenvalue weighted by Gasteiger charge is -2.38. The lowest BCUT2D eigenvalue weighted by Crippen LogP contribution is -2.58. The minimum atomic E-state index is -1.30. The number of rotatable bonds is 6. The van der Waals surface area contributed by atoms with E-state index in [9.17, 15) is 24.7 Å². The van der Waals surface area contributed by atoms with E-state index in [1.54, 1.807) is 74.5 Å². The molecule has 1 aliphatic heterocycles. The summed E-state index contributed by atoms with van der Waals surface area (Å²) in [4.78, 5) is 39.5. The second-order valence-corrected chi connectivity index (χ2v) is 7.43. The number of benzene rings is 2. The van der Waals surface area contributed by atoms with Gasteiger partial charge in [0.25, 0.3) is 0 Å². The lowest BCUT2D eigenvalue weighted by molar-refractivity contribution is -0.305. The summed E-state index contributed by atoms with van der Waals surface area (Å²) in [5, 5.41) is 24.9. The van der Waals surface area contributed by atoms with Crippen LogP contribution < -0.4 is 15.3 Å². The van der Waals surface area contributed by atoms with Crippen LogP contribution in [0.3, 0.4) is 0 Å². The number of nitrogens with one attached hydrogen (secondary N) is 1. The largest absolute Gasteiger partial charge is 0.550 e. The van der Waals surface area contributed by atoms with Crippen LogP contribution in [0.4, 0.5) is 21.0 Å². The highest BCUT2D eigenvalue weighted by Crippen LogP contribution is 2.37. The fourth-order valence-electron chi connectivity index (χ4n) is 3.59. The maximum absolute atomic E-state index is 13.2. The quantitative estimate of drug-likeness (QED) is 0.558. The van der Waals surface area contributed by atoms with Crippen molar-refractivity contribution in [3.8, 4) is 0 Å². The van der Waals surface area contributed by atoms with Crippen LogP contribution in [0.1, 0.15) is 20.3 Å². The molecular weight excluding hydrogens is 388 g/mol. The fourth-order valence-corrected chi connectivity index (χ4v) is 3.59. The summed E-state index contributed by atoms with van der Waals surface area (Å²) in [7, 11) is 0. The number of hydrogen-bond donors (Lipinski definition) is 2. The Hall–Kier alpha value is -3.59. The first-order valence-electron chi connectivity index (χ1n) is 9.43. The number of nitrogens with zero attached hydrogens (tertiary/aromatic N) is 3. The highest BCUT2D eigenvalue weighted by Gasteiger charge is 2.55. The molecule has 0 aliphatic carbocycles. The molecule has 1 fully saturated rings. The van der Waals surface area contributed by atoms with E-state index in [0.717, 1.165) is 0 Å². The molecule has 2 aromatic carbocycles. The zero-order valence-electron chi connectivity index (χ0n) is 16.7. The molecule has 0 spiro atoms. The highest BCUT2D eigenvalue weighted by atomic mass is 16.5. The van der Waals surface area contributed by atoms with Crippen molar-refractivity contribution in [2.75, 3.05) is 16.8 Å². The number of hydroxylamine groups is 2. The van der Waals surface area contributed by atoms with E-state index < -0.39 is 29.7 Å². The van der Waals surface area contributed by atoms with Crippen molar-refractivity contribution in [2.24, 2.45) is 0 Å². The Morgan fingerprint density at radius 1 is 1.10 bits per heavy atom. The highest BCUT2D eigenvalue weighted by molar-refractivity contribution is 5.98. The predicted molar refractivity (Wildman–Crippen MR) is 108 cm³/mol. The second-order valence-electron chi connectivity index (χ2n) is 7.43. The van der Waals surface area contributed by atoms with E-state index in [2.05, 4.69) is 5.32 Å². The number of amides is 4. The molecule has 0 aromatic heterocycles. The molecule has 0 bridgehead atoms. The van der Waals surface area contributed by atoms with Crippen LogP contribution in [0.25, 0.3) is 0 Å². The topological polar surface area (TPSA) is 116 Å². The number of carbonyl (C=O) groups excluding carboxylic acids is 3. The number of aliphatic carboxylic acids is 1. The maximum Gasteiger partial charge on any atom is 0.347 e. The molecule has 158 valence electrons. The Morgan fingerprint density at radius 3 is 2.23 bits per heavy atom. The summed E-state index contributed by atoms with van der Waals surface area (Å²) in [6.07, 6.45) is -1.48. The number of anilines is 2. The van der Waals surface area contributed by atoms with Gasteiger partial charge in [0.05, 0.1) is 5.54 Å². The second kappa shape index (κ2) is 8.42. The molecule has 30 heavy (non-hydrogen) atoms. The summed E-state index contributed by atoms with van der Waals surface area (Å²) in [5.41, 5.74) is -0.169. The molecule has 1 heterocycles. The van der Waals surface area contributed by atoms with Gasteiger partial charge in [-0.3, -0.25) is 10.1 Å². The van der Waals surface area contributed by atoms with Gasteiger partial charge in [-0.25, -0.2) is 9.59 Å². The summed E-state index contributed by atoms with van der Waals surface area (Å²) in [5.74, 6) is -1.30. The first-order chi connectivity index (χ1) is 14.2. The van der Waals surface area contributed by atoms with E-state index in [1.807, 2.05) is 0 Å². The average Bonchev–Trinajstić information content (AvgIpc) is 2.92. The molecule has 0 saturated carbocycles. The van der Waals surface area contributed by atoms with Crippen molar-refractivity contribution in [2.45, 2.75) is 32.0 Å². The molecule has 9 heteroatoms. The zero-order valence-corrected chi connectivity index (χ0v) is 16.7. The van der Waals surface area contributed by atoms with E-state index in [0.29, 0.717) is 16.4 Å². The molecule has 9 nitrogen and oxygen atoms in total. The minimum absolute atomic E-state index is 0.123. The first kappa shape index (κ1) is 21.1. The molecule has 1 saturated heterocycles. The van der Waals surface area contributed by atoms with Crippen LogP contribution in [-0.2, 0) is 4.79 Å². The van der Waals surface area contributed by atoms with Crippen molar-refractivity contribution < 1.29 is 24.7 Å². The van der Waals surface area contributed by atoms with Crippen LogP contribution in [0.15, 0.2) is 60.7 Å². The Bertz CT molecular complexity index is 920. The van der Waals surface area contributed by atoms with E-state index >= 15 is 0 Å². The number of carbonyl (C=O) groups is 3. The summed E-state index contributed by atoms with van der Waals surface area (Å²) < 4.78 is 0. The number of para-hydroxylation sites is 2. The summed E-state index contributed by atoms with van der Waals surface area (Å²) in [6.45, 7) is 3.20. The molecule has 4 amide bonds. The van der Waals surface area contributed by atoms with Gasteiger partial charge in [-0.05, 0) is 38.1 Å². The van der Waals surface area contributed by atoms with Crippen molar-refractivity contribution in [1.29, 1.82) is 0 Å². The molecular formula is C21H23N4O5-. The Kier molecular flexibility index (Phi) is 5.93. The van der Waals surface area contributed by atoms with Crippen LogP contribution >= 0.6 is 0 Å². The average molecular weight is 411 g/mol. The minimum Gasteiger partial charge on any atom is -0.550 e. The standard InChI is InChI=1S/C21H24N4O5/c1-21(2)18(25(30)19(28)22-15-9-5-3-6-10-15)24(16-11-7-4-8-12-16)20(29)23(21)14-13-17(26)27/h3-12,18,30H,13-14H2,1-2H3,(H,22,28)(H,26,27)/p-1/t18-/m0/s1. The zero-order chi connectivity index (χ0) is 21.9. The fraction of sp³-hybridized carbons (Fsp3) is 0.286. The smallest absolute Gasteiger partial charge is 0.347 e. The summed E-state index contributed by atoms with van der Waals surface area (Å²) >= 11 is 0. The van der Waals surface area contributed by atoms with Gasteiger partial charge in [0.2, 0.25) is 0 Å². The van der Waals surface area contributed by atoms with Gasteiger partial charge in [-0.1, -0.05) is 36.4 Å². The van der Waals surface area contributed by atoms with Gasteiger partial charge < -0.3 is 20.1 Å². The van der Waals surface area contributed by atoms with Crippen LogP contribution in [0.5, 0.6) is 0 Å². The number of carboxylic acid groups (broad SMARTS) is 1. The van der Waals surface area contributed by atoms with Crippen LogP contribution in [-0.4, -0.2) is 51.5 Å². The van der Waals surface area contributed by atoms with E-state index in [-0.39, 0.29) is 13.0 Å². The predicted octanol–water partition coefficient (Wildman–Crippen LogP) is 2.10. The molecule has 0 radical (unpaired) electrons. The molecule has 2 aromatic rings. The van der Waals surface area contributed by atoms with Gasteiger partial charge in [0, 0.05) is 30.3 Å². The van der Waals surface area contributed by atoms with Gasteiger partial charge in [0.15, 0.2) is 6.17 Å². The first-order valence-corrected chi connectivity index (χ1v) is 9.43. The van der Waals surface area contributed by atoms with Crippen molar-refractivity contribution in [3.05, 3.63) is 60.7 Å². The van der Waals surface area contributed by atoms with Gasteiger partial charge in [-0.15, -0.1) is 0 Å². The number of hydrogen-bond acceptors (Lipinski definition) is 5. The van der Waals surface area contributed by atoms with Gasteiger partial charge in [0.1, 0.15) is 0 Å². The third kappa shape index (κ3) is 4.06. The monoisotopic (exact) mass is 411 g/mol. The van der Waals surface area contributed by atoms with Gasteiger partial charge >= 0.3 is 12.1 Å². The Balaban J connectivity index is 1.95. The van der Waals surface area contributed by atoms with Crippen LogP contribution in [0.2, 0.25) is 0 Å². The number of urea groups is 2. The van der Waals surface area contributed by atoms with Crippen molar-refractivity contribution >= 4 is 29.4 Å². The third-order valence-electron chi connectivity index (χ3n) is 5.05. The normalized spacial score (nSPS) is 17.7. The Morgan fingerprint density at radius 2 is 1.67 bits per heavy atom. The Labute approximate surface area is 174 Å². The van der Waals surface area contributed by atoms with Crippen LogP contribution in [0, 0.1) is 0 Å². The van der Waals surface area contributed by atoms with E-state index in [4.69, 9.17) is 0 Å². The number of carboxylic acids is 1. The van der Waals surface area contributed by atoms with E-state index in [1.165, 1.54) is 9.80 Å². The maximum atomic E-state index is 13.2. The molecule has 1 aliphatic rings. The molecule has 3 rings (SSSR count). The SMILES string of the molecule is CC1(C)[C@H](N(O)C(=O)Nc2ccccc2)N(c2ccccc2)C(=O)N1CCC(=O)[O-]. The lowest BCUT2D eigenvalue weighted by atomic mass is 9.99. The van der Waals surface area contributed by atoms with Crippen molar-refractivity contribution in [3.63, 3.8) is 0 Å². The third-order valence-corrected chi connectivity index (χ3v) is 5.05.